The molecule has 0 aliphatic carbocycles. The summed E-state index contributed by atoms with van der Waals surface area (Å²) in [7, 11) is 0. The van der Waals surface area contributed by atoms with Crippen molar-refractivity contribution in [2.45, 2.75) is 37.9 Å². The number of nitrogens with zero attached hydrogens (tertiary/aromatic N) is 4. The quantitative estimate of drug-likeness (QED) is 0.911. The summed E-state index contributed by atoms with van der Waals surface area (Å²) in [5, 5.41) is 9.48. The van der Waals surface area contributed by atoms with Crippen LogP contribution in [-0.4, -0.2) is 62.8 Å². The van der Waals surface area contributed by atoms with Crippen LogP contribution in [0.1, 0.15) is 25.0 Å². The van der Waals surface area contributed by atoms with Crippen molar-refractivity contribution in [2.75, 3.05) is 26.2 Å². The van der Waals surface area contributed by atoms with Gasteiger partial charge in [-0.2, -0.15) is 0 Å². The minimum absolute atomic E-state index is 0.265. The first-order valence-electron chi connectivity index (χ1n) is 9.02. The molecule has 0 bridgehead atoms. The van der Waals surface area contributed by atoms with Gasteiger partial charge in [0.05, 0.1) is 0 Å². The van der Waals surface area contributed by atoms with Crippen molar-refractivity contribution in [1.29, 1.82) is 0 Å². The smallest absolute Gasteiger partial charge is 0.136 e. The molecule has 2 aliphatic heterocycles. The molecule has 0 saturated carbocycles. The molecule has 24 heavy (non-hydrogen) atoms. The van der Waals surface area contributed by atoms with Gasteiger partial charge in [0.15, 0.2) is 0 Å². The minimum Gasteiger partial charge on any atom is -0.396 e. The van der Waals surface area contributed by atoms with Gasteiger partial charge in [-0.1, -0.05) is 6.07 Å². The van der Waals surface area contributed by atoms with E-state index in [-0.39, 0.29) is 6.61 Å². The van der Waals surface area contributed by atoms with E-state index in [2.05, 4.69) is 37.7 Å². The average Bonchev–Trinajstić information content (AvgIpc) is 3.25. The van der Waals surface area contributed by atoms with Gasteiger partial charge in [-0.25, -0.2) is 4.98 Å². The van der Waals surface area contributed by atoms with Crippen LogP contribution in [0.15, 0.2) is 42.7 Å². The lowest BCUT2D eigenvalue weighted by Crippen LogP contribution is -2.55. The predicted molar refractivity (Wildman–Crippen MR) is 94.1 cm³/mol. The Hall–Kier alpha value is -1.69. The Labute approximate surface area is 143 Å². The summed E-state index contributed by atoms with van der Waals surface area (Å²) >= 11 is 0. The number of aliphatic hydroxyl groups excluding tert-OH is 1. The van der Waals surface area contributed by atoms with Crippen LogP contribution in [0.5, 0.6) is 0 Å². The van der Waals surface area contributed by atoms with Crippen LogP contribution in [0.2, 0.25) is 0 Å². The minimum atomic E-state index is 0.265. The first-order chi connectivity index (χ1) is 11.8. The van der Waals surface area contributed by atoms with Crippen LogP contribution in [0.3, 0.4) is 0 Å². The van der Waals surface area contributed by atoms with Gasteiger partial charge in [0.1, 0.15) is 5.82 Å². The summed E-state index contributed by atoms with van der Waals surface area (Å²) in [6, 6.07) is 11.4. The second-order valence-corrected chi connectivity index (χ2v) is 6.94. The van der Waals surface area contributed by atoms with E-state index in [0.717, 1.165) is 31.9 Å². The van der Waals surface area contributed by atoms with Gasteiger partial charge in [0.2, 0.25) is 0 Å². The molecule has 4 heterocycles. The van der Waals surface area contributed by atoms with Crippen LogP contribution >= 0.6 is 0 Å². The molecule has 5 heteroatoms. The van der Waals surface area contributed by atoms with Gasteiger partial charge in [0, 0.05) is 56.4 Å². The predicted octanol–water partition coefficient (Wildman–Crippen LogP) is 1.90. The highest BCUT2D eigenvalue weighted by atomic mass is 16.3. The van der Waals surface area contributed by atoms with Gasteiger partial charge in [-0.15, -0.1) is 0 Å². The van der Waals surface area contributed by atoms with Crippen molar-refractivity contribution >= 4 is 0 Å². The molecule has 0 spiro atoms. The molecular formula is C19H26N4O. The summed E-state index contributed by atoms with van der Waals surface area (Å²) in [6.07, 6.45) is 7.40. The van der Waals surface area contributed by atoms with E-state index in [4.69, 9.17) is 0 Å². The summed E-state index contributed by atoms with van der Waals surface area (Å²) in [4.78, 5) is 9.67. The molecule has 0 aromatic carbocycles. The summed E-state index contributed by atoms with van der Waals surface area (Å²) < 4.78 is 2.18. The standard InChI is InChI=1S/C19H26N4O/c24-12-8-17-13-21-10-3-5-16(21)14-22(17)15-18-6-4-11-23(18)19-7-1-2-9-20-19/h1-2,4,6-7,9,11,16-17,24H,3,5,8,10,12-15H2/t16?,17-/m0/s1. The van der Waals surface area contributed by atoms with E-state index in [1.54, 1.807) is 0 Å². The van der Waals surface area contributed by atoms with Crippen LogP contribution in [0, 0.1) is 0 Å². The van der Waals surface area contributed by atoms with Gasteiger partial charge in [-0.3, -0.25) is 9.80 Å². The first-order valence-corrected chi connectivity index (χ1v) is 9.02. The molecule has 1 N–H and O–H groups in total. The third-order valence-electron chi connectivity index (χ3n) is 5.46. The molecule has 2 atom stereocenters. The summed E-state index contributed by atoms with van der Waals surface area (Å²) in [5.41, 5.74) is 1.27. The zero-order valence-electron chi connectivity index (χ0n) is 14.1. The number of pyridine rings is 1. The number of aromatic nitrogens is 2. The summed E-state index contributed by atoms with van der Waals surface area (Å²) in [5.74, 6) is 0.968. The van der Waals surface area contributed by atoms with Gasteiger partial charge < -0.3 is 9.67 Å². The van der Waals surface area contributed by atoms with Gasteiger partial charge in [-0.05, 0) is 50.1 Å². The molecule has 5 nitrogen and oxygen atoms in total. The van der Waals surface area contributed by atoms with Gasteiger partial charge in [0.25, 0.3) is 0 Å². The maximum absolute atomic E-state index is 9.48. The molecular weight excluding hydrogens is 300 g/mol. The molecule has 0 amide bonds. The number of aliphatic hydroxyl groups is 1. The van der Waals surface area contributed by atoms with Crippen LogP contribution in [0.4, 0.5) is 0 Å². The van der Waals surface area contributed by atoms with E-state index in [0.29, 0.717) is 12.1 Å². The number of hydrogen-bond donors (Lipinski definition) is 1. The third-order valence-corrected chi connectivity index (χ3v) is 5.46. The van der Waals surface area contributed by atoms with E-state index in [9.17, 15) is 5.11 Å². The Morgan fingerprint density at radius 1 is 1.17 bits per heavy atom. The second-order valence-electron chi connectivity index (χ2n) is 6.94. The Kier molecular flexibility index (Phi) is 4.65. The average molecular weight is 326 g/mol. The lowest BCUT2D eigenvalue weighted by molar-refractivity contribution is 0.0323. The Morgan fingerprint density at radius 2 is 2.12 bits per heavy atom. The summed E-state index contributed by atoms with van der Waals surface area (Å²) in [6.45, 7) is 4.61. The molecule has 2 saturated heterocycles. The maximum Gasteiger partial charge on any atom is 0.136 e. The van der Waals surface area contributed by atoms with Crippen molar-refractivity contribution in [3.05, 3.63) is 48.4 Å². The molecule has 2 aromatic rings. The fourth-order valence-corrected chi connectivity index (χ4v) is 4.24. The molecule has 2 fully saturated rings. The number of hydrogen-bond acceptors (Lipinski definition) is 4. The number of rotatable bonds is 5. The zero-order valence-corrected chi connectivity index (χ0v) is 14.1. The Bertz CT molecular complexity index is 656. The Morgan fingerprint density at radius 3 is 2.96 bits per heavy atom. The number of piperazine rings is 1. The Balaban J connectivity index is 1.54. The molecule has 4 rings (SSSR count). The van der Waals surface area contributed by atoms with E-state index in [1.165, 1.54) is 25.1 Å². The van der Waals surface area contributed by atoms with Crippen LogP contribution in [-0.2, 0) is 6.54 Å². The van der Waals surface area contributed by atoms with Crippen molar-refractivity contribution in [3.8, 4) is 5.82 Å². The number of fused-ring (bicyclic) bond motifs is 1. The molecule has 128 valence electrons. The van der Waals surface area contributed by atoms with E-state index >= 15 is 0 Å². The molecule has 2 aromatic heterocycles. The topological polar surface area (TPSA) is 44.5 Å². The van der Waals surface area contributed by atoms with E-state index < -0.39 is 0 Å². The highest BCUT2D eigenvalue weighted by Crippen LogP contribution is 2.27. The lowest BCUT2D eigenvalue weighted by Gasteiger charge is -2.43. The van der Waals surface area contributed by atoms with Crippen molar-refractivity contribution in [2.24, 2.45) is 0 Å². The molecule has 2 aliphatic rings. The SMILES string of the molecule is OCC[C@H]1CN2CCCC2CN1Cc1cccn1-c1ccccn1. The highest BCUT2D eigenvalue weighted by Gasteiger charge is 2.36. The maximum atomic E-state index is 9.48. The largest absolute Gasteiger partial charge is 0.396 e. The van der Waals surface area contributed by atoms with Crippen LogP contribution in [0.25, 0.3) is 5.82 Å². The van der Waals surface area contributed by atoms with Crippen LogP contribution < -0.4 is 0 Å². The second kappa shape index (κ2) is 7.05. The normalized spacial score (nSPS) is 25.0. The highest BCUT2D eigenvalue weighted by molar-refractivity contribution is 5.27. The first kappa shape index (κ1) is 15.8. The van der Waals surface area contributed by atoms with Crippen molar-refractivity contribution < 1.29 is 5.11 Å². The fourth-order valence-electron chi connectivity index (χ4n) is 4.24. The fraction of sp³-hybridized carbons (Fsp3) is 0.526. The van der Waals surface area contributed by atoms with E-state index in [1.807, 2.05) is 24.4 Å². The van der Waals surface area contributed by atoms with Crippen molar-refractivity contribution in [3.63, 3.8) is 0 Å². The van der Waals surface area contributed by atoms with Gasteiger partial charge >= 0.3 is 0 Å². The lowest BCUT2D eigenvalue weighted by atomic mass is 10.0. The molecule has 1 unspecified atom stereocenters. The zero-order chi connectivity index (χ0) is 16.4. The van der Waals surface area contributed by atoms with Crippen molar-refractivity contribution in [1.82, 2.24) is 19.4 Å². The monoisotopic (exact) mass is 326 g/mol. The molecule has 0 radical (unpaired) electrons. The third kappa shape index (κ3) is 3.11.